The van der Waals surface area contributed by atoms with E-state index in [0.717, 1.165) is 0 Å². The fourth-order valence-electron chi connectivity index (χ4n) is 0.927. The van der Waals surface area contributed by atoms with E-state index in [0.29, 0.717) is 0 Å². The number of esters is 2. The largest absolute Gasteiger partial charge is 0.467 e. The van der Waals surface area contributed by atoms with Crippen LogP contribution in [0.3, 0.4) is 0 Å². The molecule has 0 saturated carbocycles. The van der Waals surface area contributed by atoms with Gasteiger partial charge in [-0.2, -0.15) is 0 Å². The number of carbonyl (C=O) groups excluding carboxylic acids is 4. The smallest absolute Gasteiger partial charge is 0.353 e. The molecule has 0 aromatic heterocycles. The zero-order valence-electron chi connectivity index (χ0n) is 12.2. The van der Waals surface area contributed by atoms with Gasteiger partial charge in [0.05, 0.1) is 14.2 Å². The standard InChI is InChI=1S/C6H11NO3.C6H9NO3/c2*1-4(6(9)10-3)7-5(2)8/h4H,1-3H3,(H,7,8);1H2,2-3H3,(H,7,8)/t4-;/m0./s1. The molecule has 0 heterocycles. The molecule has 2 amide bonds. The molecule has 114 valence electrons. The van der Waals surface area contributed by atoms with Crippen molar-refractivity contribution >= 4 is 23.8 Å². The highest BCUT2D eigenvalue weighted by Gasteiger charge is 2.12. The molecule has 0 aliphatic carbocycles. The molecule has 8 nitrogen and oxygen atoms in total. The van der Waals surface area contributed by atoms with E-state index >= 15 is 0 Å². The van der Waals surface area contributed by atoms with Crippen LogP contribution in [0.25, 0.3) is 0 Å². The Morgan fingerprint density at radius 1 is 1.00 bits per heavy atom. The van der Waals surface area contributed by atoms with Gasteiger partial charge >= 0.3 is 11.9 Å². The lowest BCUT2D eigenvalue weighted by Crippen LogP contribution is -2.37. The molecule has 0 saturated heterocycles. The molecule has 0 aromatic carbocycles. The van der Waals surface area contributed by atoms with Gasteiger partial charge in [-0.05, 0) is 6.92 Å². The fraction of sp³-hybridized carbons (Fsp3) is 0.500. The van der Waals surface area contributed by atoms with Crippen LogP contribution in [-0.2, 0) is 28.7 Å². The highest BCUT2D eigenvalue weighted by atomic mass is 16.5. The first kappa shape index (κ1) is 19.9. The van der Waals surface area contributed by atoms with E-state index in [1.165, 1.54) is 28.1 Å². The van der Waals surface area contributed by atoms with E-state index < -0.39 is 18.0 Å². The van der Waals surface area contributed by atoms with E-state index in [4.69, 9.17) is 0 Å². The summed E-state index contributed by atoms with van der Waals surface area (Å²) in [6.07, 6.45) is 0. The van der Waals surface area contributed by atoms with Gasteiger partial charge in [-0.25, -0.2) is 9.59 Å². The molecule has 1 atom stereocenters. The lowest BCUT2D eigenvalue weighted by Gasteiger charge is -2.08. The van der Waals surface area contributed by atoms with Gasteiger partial charge in [-0.3, -0.25) is 9.59 Å². The molecule has 2 N–H and O–H groups in total. The van der Waals surface area contributed by atoms with Crippen LogP contribution < -0.4 is 10.6 Å². The van der Waals surface area contributed by atoms with Gasteiger partial charge in [0.15, 0.2) is 0 Å². The Labute approximate surface area is 117 Å². The summed E-state index contributed by atoms with van der Waals surface area (Å²) in [7, 11) is 2.50. The number of methoxy groups -OCH3 is 2. The Morgan fingerprint density at radius 3 is 1.80 bits per heavy atom. The zero-order chi connectivity index (χ0) is 16.3. The Kier molecular flexibility index (Phi) is 10.5. The van der Waals surface area contributed by atoms with Crippen molar-refractivity contribution in [3.63, 3.8) is 0 Å². The fourth-order valence-corrected chi connectivity index (χ4v) is 0.927. The monoisotopic (exact) mass is 288 g/mol. The van der Waals surface area contributed by atoms with Crippen molar-refractivity contribution in [3.8, 4) is 0 Å². The van der Waals surface area contributed by atoms with Crippen LogP contribution in [0.5, 0.6) is 0 Å². The van der Waals surface area contributed by atoms with Crippen molar-refractivity contribution in [2.75, 3.05) is 14.2 Å². The molecule has 0 aliphatic heterocycles. The predicted molar refractivity (Wildman–Crippen MR) is 70.3 cm³/mol. The van der Waals surface area contributed by atoms with Crippen LogP contribution in [0.4, 0.5) is 0 Å². The topological polar surface area (TPSA) is 111 Å². The number of rotatable bonds is 4. The van der Waals surface area contributed by atoms with Gasteiger partial charge in [0.25, 0.3) is 0 Å². The number of carbonyl (C=O) groups is 4. The molecule has 0 rings (SSSR count). The van der Waals surface area contributed by atoms with E-state index in [1.807, 2.05) is 0 Å². The summed E-state index contributed by atoms with van der Waals surface area (Å²) in [5, 5.41) is 4.57. The minimum absolute atomic E-state index is 0.0463. The Balaban J connectivity index is 0. The molecule has 0 radical (unpaired) electrons. The molecule has 0 aromatic rings. The summed E-state index contributed by atoms with van der Waals surface area (Å²) < 4.78 is 8.62. The van der Waals surface area contributed by atoms with Crippen molar-refractivity contribution in [1.29, 1.82) is 0 Å². The number of nitrogens with one attached hydrogen (secondary N) is 2. The molecular formula is C12H20N2O6. The molecule has 8 heteroatoms. The van der Waals surface area contributed by atoms with Crippen molar-refractivity contribution < 1.29 is 28.7 Å². The third-order valence-corrected chi connectivity index (χ3v) is 1.73. The van der Waals surface area contributed by atoms with E-state index in [1.54, 1.807) is 6.92 Å². The van der Waals surface area contributed by atoms with Gasteiger partial charge in [0, 0.05) is 13.8 Å². The highest BCUT2D eigenvalue weighted by molar-refractivity contribution is 5.92. The molecule has 0 spiro atoms. The second-order valence-electron chi connectivity index (χ2n) is 3.60. The maximum atomic E-state index is 10.6. The Bertz CT molecular complexity index is 391. The van der Waals surface area contributed by atoms with Crippen molar-refractivity contribution in [2.45, 2.75) is 26.8 Å². The van der Waals surface area contributed by atoms with Crippen molar-refractivity contribution in [1.82, 2.24) is 10.6 Å². The second-order valence-corrected chi connectivity index (χ2v) is 3.60. The van der Waals surface area contributed by atoms with Crippen LogP contribution in [0.15, 0.2) is 12.3 Å². The van der Waals surface area contributed by atoms with Crippen LogP contribution in [0.1, 0.15) is 20.8 Å². The summed E-state index contributed by atoms with van der Waals surface area (Å²) >= 11 is 0. The SMILES string of the molecule is C=C(NC(C)=O)C(=O)OC.COC(=O)[C@H](C)NC(C)=O. The van der Waals surface area contributed by atoms with Gasteiger partial charge in [-0.15, -0.1) is 0 Å². The quantitative estimate of drug-likeness (QED) is 0.532. The van der Waals surface area contributed by atoms with Gasteiger partial charge in [0.2, 0.25) is 11.8 Å². The van der Waals surface area contributed by atoms with E-state index in [9.17, 15) is 19.2 Å². The first-order chi connectivity index (χ1) is 9.15. The highest BCUT2D eigenvalue weighted by Crippen LogP contribution is 1.86. The minimum Gasteiger partial charge on any atom is -0.467 e. The van der Waals surface area contributed by atoms with Crippen LogP contribution in [0, 0.1) is 0 Å². The average molecular weight is 288 g/mol. The maximum Gasteiger partial charge on any atom is 0.353 e. The first-order valence-electron chi connectivity index (χ1n) is 5.55. The lowest BCUT2D eigenvalue weighted by atomic mass is 10.3. The van der Waals surface area contributed by atoms with Crippen LogP contribution in [0.2, 0.25) is 0 Å². The third kappa shape index (κ3) is 10.8. The normalized spacial score (nSPS) is 10.1. The van der Waals surface area contributed by atoms with Gasteiger partial charge < -0.3 is 20.1 Å². The first-order valence-corrected chi connectivity index (χ1v) is 5.55. The van der Waals surface area contributed by atoms with E-state index in [2.05, 4.69) is 26.7 Å². The van der Waals surface area contributed by atoms with Gasteiger partial charge in [0.1, 0.15) is 11.7 Å². The second kappa shape index (κ2) is 10.5. The summed E-state index contributed by atoms with van der Waals surface area (Å²) in [4.78, 5) is 41.8. The zero-order valence-corrected chi connectivity index (χ0v) is 12.2. The Morgan fingerprint density at radius 2 is 1.50 bits per heavy atom. The molecule has 20 heavy (non-hydrogen) atoms. The van der Waals surface area contributed by atoms with Crippen LogP contribution >= 0.6 is 0 Å². The molecule has 0 bridgehead atoms. The van der Waals surface area contributed by atoms with Crippen molar-refractivity contribution in [3.05, 3.63) is 12.3 Å². The van der Waals surface area contributed by atoms with Crippen molar-refractivity contribution in [2.24, 2.45) is 0 Å². The average Bonchev–Trinajstić information content (AvgIpc) is 2.35. The number of amides is 2. The number of hydrogen-bond donors (Lipinski definition) is 2. The summed E-state index contributed by atoms with van der Waals surface area (Å²) in [5.41, 5.74) is -0.0463. The molecular weight excluding hydrogens is 268 g/mol. The van der Waals surface area contributed by atoms with Crippen LogP contribution in [-0.4, -0.2) is 44.0 Å². The third-order valence-electron chi connectivity index (χ3n) is 1.73. The maximum absolute atomic E-state index is 10.6. The predicted octanol–water partition coefficient (Wildman–Crippen LogP) is -0.507. The molecule has 0 aliphatic rings. The number of ether oxygens (including phenoxy) is 2. The summed E-state index contributed by atoms with van der Waals surface area (Å²) in [6.45, 7) is 7.45. The summed E-state index contributed by atoms with van der Waals surface area (Å²) in [6, 6.07) is -0.553. The van der Waals surface area contributed by atoms with E-state index in [-0.39, 0.29) is 17.5 Å². The lowest BCUT2D eigenvalue weighted by molar-refractivity contribution is -0.144. The molecule has 0 fully saturated rings. The Hall–Kier alpha value is -2.38. The number of hydrogen-bond acceptors (Lipinski definition) is 6. The summed E-state index contributed by atoms with van der Waals surface area (Å²) in [5.74, 6) is -1.64. The molecule has 0 unspecified atom stereocenters. The van der Waals surface area contributed by atoms with Gasteiger partial charge in [-0.1, -0.05) is 6.58 Å². The minimum atomic E-state index is -0.629.